The molecule has 0 aromatic heterocycles. The van der Waals surface area contributed by atoms with E-state index in [1.807, 2.05) is 0 Å². The monoisotopic (exact) mass is 265 g/mol. The lowest BCUT2D eigenvalue weighted by Gasteiger charge is -2.37. The smallest absolute Gasteiger partial charge is 0.00671 e. The molecule has 0 saturated heterocycles. The highest BCUT2D eigenvalue weighted by Crippen LogP contribution is 2.37. The van der Waals surface area contributed by atoms with E-state index >= 15 is 0 Å². The molecule has 0 heterocycles. The summed E-state index contributed by atoms with van der Waals surface area (Å²) in [6.07, 6.45) is 13.1. The molecule has 0 spiro atoms. The lowest BCUT2D eigenvalue weighted by atomic mass is 9.70. The Hall–Kier alpha value is -0.0400. The van der Waals surface area contributed by atoms with E-state index in [4.69, 9.17) is 0 Å². The Bertz CT molecular complexity index is 244. The molecule has 0 aromatic carbocycles. The molecule has 0 aromatic rings. The number of hydrogen-bond acceptors (Lipinski definition) is 1. The van der Waals surface area contributed by atoms with Gasteiger partial charge in [-0.15, -0.1) is 0 Å². The average molecular weight is 265 g/mol. The summed E-state index contributed by atoms with van der Waals surface area (Å²) < 4.78 is 0. The van der Waals surface area contributed by atoms with Crippen molar-refractivity contribution in [2.45, 2.75) is 84.6 Å². The van der Waals surface area contributed by atoms with Gasteiger partial charge in [0.25, 0.3) is 0 Å². The summed E-state index contributed by atoms with van der Waals surface area (Å²) in [6.45, 7) is 8.72. The van der Waals surface area contributed by atoms with Gasteiger partial charge in [0, 0.05) is 6.04 Å². The van der Waals surface area contributed by atoms with Crippen LogP contribution < -0.4 is 5.32 Å². The highest BCUT2D eigenvalue weighted by atomic mass is 14.9. The summed E-state index contributed by atoms with van der Waals surface area (Å²) in [6, 6.07) is 0.826. The molecule has 0 radical (unpaired) electrons. The van der Waals surface area contributed by atoms with Crippen molar-refractivity contribution in [3.05, 3.63) is 0 Å². The van der Waals surface area contributed by atoms with Gasteiger partial charge in [-0.25, -0.2) is 0 Å². The summed E-state index contributed by atoms with van der Waals surface area (Å²) in [5, 5.41) is 3.86. The Morgan fingerprint density at radius 3 is 2.21 bits per heavy atom. The van der Waals surface area contributed by atoms with Gasteiger partial charge in [-0.3, -0.25) is 0 Å². The van der Waals surface area contributed by atoms with Gasteiger partial charge < -0.3 is 5.32 Å². The fourth-order valence-corrected chi connectivity index (χ4v) is 4.39. The molecule has 4 unspecified atom stereocenters. The van der Waals surface area contributed by atoms with Crippen molar-refractivity contribution in [1.29, 1.82) is 0 Å². The highest BCUT2D eigenvalue weighted by Gasteiger charge is 2.29. The molecule has 19 heavy (non-hydrogen) atoms. The SMILES string of the molecule is CC(CNC1CCCCC1)C(C)C1CCCCC1C. The fourth-order valence-electron chi connectivity index (χ4n) is 4.39. The maximum Gasteiger partial charge on any atom is 0.00671 e. The van der Waals surface area contributed by atoms with Crippen molar-refractivity contribution in [1.82, 2.24) is 5.32 Å². The Kier molecular flexibility index (Phi) is 6.19. The zero-order chi connectivity index (χ0) is 13.7. The van der Waals surface area contributed by atoms with E-state index in [-0.39, 0.29) is 0 Å². The third-order valence-corrected chi connectivity index (χ3v) is 6.08. The maximum atomic E-state index is 3.86. The van der Waals surface area contributed by atoms with E-state index in [0.29, 0.717) is 0 Å². The molecule has 0 aliphatic heterocycles. The van der Waals surface area contributed by atoms with E-state index in [1.54, 1.807) is 0 Å². The lowest BCUT2D eigenvalue weighted by molar-refractivity contribution is 0.140. The first-order chi connectivity index (χ1) is 9.18. The molecule has 2 rings (SSSR count). The van der Waals surface area contributed by atoms with Crippen LogP contribution in [0.4, 0.5) is 0 Å². The molecule has 1 nitrogen and oxygen atoms in total. The summed E-state index contributed by atoms with van der Waals surface area (Å²) in [4.78, 5) is 0. The van der Waals surface area contributed by atoms with Crippen LogP contribution in [0.2, 0.25) is 0 Å². The topological polar surface area (TPSA) is 12.0 Å². The number of rotatable bonds is 5. The first kappa shape index (κ1) is 15.4. The minimum Gasteiger partial charge on any atom is -0.314 e. The predicted molar refractivity (Wildman–Crippen MR) is 84.3 cm³/mol. The van der Waals surface area contributed by atoms with Crippen LogP contribution in [0.15, 0.2) is 0 Å². The minimum atomic E-state index is 0.826. The van der Waals surface area contributed by atoms with Gasteiger partial charge in [0.05, 0.1) is 0 Å². The van der Waals surface area contributed by atoms with Gasteiger partial charge in [-0.05, 0) is 49.5 Å². The van der Waals surface area contributed by atoms with Crippen LogP contribution in [-0.4, -0.2) is 12.6 Å². The molecule has 2 aliphatic carbocycles. The highest BCUT2D eigenvalue weighted by molar-refractivity contribution is 4.81. The van der Waals surface area contributed by atoms with Crippen molar-refractivity contribution in [3.63, 3.8) is 0 Å². The van der Waals surface area contributed by atoms with Gasteiger partial charge in [0.2, 0.25) is 0 Å². The average Bonchev–Trinajstić information content (AvgIpc) is 2.45. The molecule has 2 saturated carbocycles. The quantitative estimate of drug-likeness (QED) is 0.737. The first-order valence-corrected chi connectivity index (χ1v) is 8.92. The maximum absolute atomic E-state index is 3.86. The summed E-state index contributed by atoms with van der Waals surface area (Å²) in [7, 11) is 0. The van der Waals surface area contributed by atoms with E-state index in [0.717, 1.165) is 29.7 Å². The predicted octanol–water partition coefficient (Wildman–Crippen LogP) is 5.01. The van der Waals surface area contributed by atoms with Crippen LogP contribution in [0.1, 0.15) is 78.6 Å². The minimum absolute atomic E-state index is 0.826. The van der Waals surface area contributed by atoms with Crippen LogP contribution in [0.5, 0.6) is 0 Å². The van der Waals surface area contributed by atoms with E-state index in [2.05, 4.69) is 26.1 Å². The molecule has 0 bridgehead atoms. The first-order valence-electron chi connectivity index (χ1n) is 8.92. The summed E-state index contributed by atoms with van der Waals surface area (Å²) in [5.41, 5.74) is 0. The molecule has 4 atom stereocenters. The van der Waals surface area contributed by atoms with Crippen LogP contribution >= 0.6 is 0 Å². The van der Waals surface area contributed by atoms with E-state index < -0.39 is 0 Å². The van der Waals surface area contributed by atoms with Gasteiger partial charge in [0.15, 0.2) is 0 Å². The van der Waals surface area contributed by atoms with Gasteiger partial charge in [0.1, 0.15) is 0 Å². The van der Waals surface area contributed by atoms with Crippen LogP contribution in [0.3, 0.4) is 0 Å². The van der Waals surface area contributed by atoms with Crippen LogP contribution in [-0.2, 0) is 0 Å². The van der Waals surface area contributed by atoms with Gasteiger partial charge >= 0.3 is 0 Å². The molecule has 112 valence electrons. The van der Waals surface area contributed by atoms with Crippen LogP contribution in [0, 0.1) is 23.7 Å². The number of nitrogens with one attached hydrogen (secondary N) is 1. The molecule has 1 heteroatoms. The Balaban J connectivity index is 1.73. The van der Waals surface area contributed by atoms with Gasteiger partial charge in [-0.1, -0.05) is 59.3 Å². The molecule has 2 fully saturated rings. The third kappa shape index (κ3) is 4.48. The van der Waals surface area contributed by atoms with Crippen molar-refractivity contribution in [3.8, 4) is 0 Å². The molecule has 0 amide bonds. The normalized spacial score (nSPS) is 33.0. The molecule has 1 N–H and O–H groups in total. The second kappa shape index (κ2) is 7.67. The molecule has 2 aliphatic rings. The standard InChI is InChI=1S/C18H35N/c1-14-9-7-8-12-18(14)16(3)15(2)13-19-17-10-5-4-6-11-17/h14-19H,4-13H2,1-3H3. The largest absolute Gasteiger partial charge is 0.314 e. The summed E-state index contributed by atoms with van der Waals surface area (Å²) in [5.74, 6) is 3.68. The second-order valence-corrected chi connectivity index (χ2v) is 7.51. The lowest BCUT2D eigenvalue weighted by Crippen LogP contribution is -2.38. The van der Waals surface area contributed by atoms with Gasteiger partial charge in [-0.2, -0.15) is 0 Å². The molecular weight excluding hydrogens is 230 g/mol. The Morgan fingerprint density at radius 2 is 1.53 bits per heavy atom. The van der Waals surface area contributed by atoms with Crippen molar-refractivity contribution in [2.24, 2.45) is 23.7 Å². The molecular formula is C18H35N. The van der Waals surface area contributed by atoms with E-state index in [9.17, 15) is 0 Å². The fraction of sp³-hybridized carbons (Fsp3) is 1.00. The van der Waals surface area contributed by atoms with Crippen molar-refractivity contribution < 1.29 is 0 Å². The van der Waals surface area contributed by atoms with Crippen LogP contribution in [0.25, 0.3) is 0 Å². The zero-order valence-corrected chi connectivity index (χ0v) is 13.5. The Morgan fingerprint density at radius 1 is 0.895 bits per heavy atom. The van der Waals surface area contributed by atoms with E-state index in [1.165, 1.54) is 64.3 Å². The van der Waals surface area contributed by atoms with Crippen molar-refractivity contribution in [2.75, 3.05) is 6.54 Å². The summed E-state index contributed by atoms with van der Waals surface area (Å²) >= 11 is 0. The Labute approximate surface area is 120 Å². The zero-order valence-electron chi connectivity index (χ0n) is 13.5. The third-order valence-electron chi connectivity index (χ3n) is 6.08. The second-order valence-electron chi connectivity index (χ2n) is 7.51. The number of hydrogen-bond donors (Lipinski definition) is 1. The van der Waals surface area contributed by atoms with Crippen molar-refractivity contribution >= 4 is 0 Å².